The fourth-order valence-corrected chi connectivity index (χ4v) is 0. The molecule has 0 heterocycles. The van der Waals surface area contributed by atoms with Gasteiger partial charge in [0.1, 0.15) is 0 Å². The van der Waals surface area contributed by atoms with Crippen LogP contribution in [0.5, 0.6) is 0 Å². The lowest BCUT2D eigenvalue weighted by Crippen LogP contribution is -1.57. The number of hydrogen-bond donors (Lipinski definition) is 0. The molecule has 0 aliphatic carbocycles. The van der Waals surface area contributed by atoms with E-state index >= 15 is 0 Å². The minimum absolute atomic E-state index is 1.16. The van der Waals surface area contributed by atoms with Crippen molar-refractivity contribution in [1.82, 2.24) is 0 Å². The Hall–Kier alpha value is 0.0869. The first-order valence-corrected chi connectivity index (χ1v) is 2.12. The molecule has 1 heteroatoms. The SMILES string of the molecule is CCC=[SiH]. The molecule has 0 aliphatic heterocycles. The highest BCUT2D eigenvalue weighted by atomic mass is 28.1. The molecular weight excluding hydrogens is 64.1 g/mol. The van der Waals surface area contributed by atoms with Gasteiger partial charge in [0.25, 0.3) is 0 Å². The molecule has 0 saturated heterocycles. The van der Waals surface area contributed by atoms with Gasteiger partial charge >= 0.3 is 0 Å². The van der Waals surface area contributed by atoms with E-state index in [1.807, 2.05) is 5.67 Å². The molecule has 0 aliphatic rings. The molecule has 0 amide bonds. The van der Waals surface area contributed by atoms with Crippen LogP contribution >= 0.6 is 0 Å². The molecule has 0 unspecified atom stereocenters. The maximum Gasteiger partial charge on any atom is -0.00544 e. The molecule has 0 N–H and O–H groups in total. The van der Waals surface area contributed by atoms with Crippen LogP contribution in [0.25, 0.3) is 0 Å². The molecule has 0 aromatic rings. The molecule has 0 fully saturated rings. The molecule has 0 rings (SSSR count). The Bertz CT molecular complexity index is 17.2. The first kappa shape index (κ1) is 4.09. The average Bonchev–Trinajstić information content (AvgIpc) is 1.37. The zero-order valence-electron chi connectivity index (χ0n) is 2.86. The minimum Gasteiger partial charge on any atom is -0.106 e. The van der Waals surface area contributed by atoms with E-state index in [0.717, 1.165) is 6.42 Å². The second-order valence-corrected chi connectivity index (χ2v) is 1.12. The number of hydrogen-bond acceptors (Lipinski definition) is 0. The summed E-state index contributed by atoms with van der Waals surface area (Å²) in [5, 5.41) is 0. The highest BCUT2D eigenvalue weighted by Gasteiger charge is 1.45. The lowest BCUT2D eigenvalue weighted by Gasteiger charge is -1.57. The Morgan fingerprint density at radius 2 is 2.25 bits per heavy atom. The Kier molecular flexibility index (Phi) is 3.15. The van der Waals surface area contributed by atoms with Crippen molar-refractivity contribution < 1.29 is 0 Å². The van der Waals surface area contributed by atoms with Crippen LogP contribution in [0.2, 0.25) is 0 Å². The zero-order chi connectivity index (χ0) is 3.41. The molecule has 23 valence electrons. The van der Waals surface area contributed by atoms with E-state index < -0.39 is 0 Å². The van der Waals surface area contributed by atoms with E-state index in [4.69, 9.17) is 0 Å². The van der Waals surface area contributed by atoms with Crippen molar-refractivity contribution in [3.63, 3.8) is 0 Å². The van der Waals surface area contributed by atoms with E-state index in [9.17, 15) is 0 Å². The summed E-state index contributed by atoms with van der Waals surface area (Å²) in [6, 6.07) is 0. The van der Waals surface area contributed by atoms with Gasteiger partial charge in [-0.2, -0.15) is 0 Å². The van der Waals surface area contributed by atoms with Crippen molar-refractivity contribution in [2.45, 2.75) is 13.3 Å². The van der Waals surface area contributed by atoms with Crippen LogP contribution in [-0.4, -0.2) is 15.5 Å². The molecule has 0 aromatic carbocycles. The Morgan fingerprint density at radius 1 is 2.00 bits per heavy atom. The van der Waals surface area contributed by atoms with Crippen molar-refractivity contribution in [2.75, 3.05) is 0 Å². The molecular formula is C3H7Si. The number of rotatable bonds is 1. The Balaban J connectivity index is 2.30. The van der Waals surface area contributed by atoms with Crippen LogP contribution < -0.4 is 0 Å². The maximum atomic E-state index is 2.53. The Morgan fingerprint density at radius 3 is 2.25 bits per heavy atom. The molecule has 0 saturated carbocycles. The van der Waals surface area contributed by atoms with Crippen molar-refractivity contribution >= 4 is 15.5 Å². The van der Waals surface area contributed by atoms with Crippen molar-refractivity contribution in [2.24, 2.45) is 0 Å². The largest absolute Gasteiger partial charge is 0.106 e. The molecule has 0 spiro atoms. The van der Waals surface area contributed by atoms with E-state index in [-0.39, 0.29) is 0 Å². The average molecular weight is 71.2 g/mol. The quantitative estimate of drug-likeness (QED) is 0.385. The molecule has 0 atom stereocenters. The van der Waals surface area contributed by atoms with Crippen molar-refractivity contribution in [3.05, 3.63) is 0 Å². The van der Waals surface area contributed by atoms with Gasteiger partial charge in [0.05, 0.1) is 0 Å². The molecule has 4 heavy (non-hydrogen) atoms. The van der Waals surface area contributed by atoms with E-state index in [0.29, 0.717) is 0 Å². The van der Waals surface area contributed by atoms with Crippen molar-refractivity contribution in [3.8, 4) is 0 Å². The Labute approximate surface area is 29.9 Å². The van der Waals surface area contributed by atoms with Crippen molar-refractivity contribution in [1.29, 1.82) is 0 Å². The molecule has 0 nitrogen and oxygen atoms in total. The van der Waals surface area contributed by atoms with Crippen LogP contribution in [-0.2, 0) is 0 Å². The van der Waals surface area contributed by atoms with Crippen LogP contribution in [0.4, 0.5) is 0 Å². The van der Waals surface area contributed by atoms with Gasteiger partial charge < -0.3 is 0 Å². The molecule has 0 bridgehead atoms. The van der Waals surface area contributed by atoms with Crippen LogP contribution in [0.1, 0.15) is 13.3 Å². The van der Waals surface area contributed by atoms with Gasteiger partial charge in [0, 0.05) is 0 Å². The maximum absolute atomic E-state index is 2.53. The van der Waals surface area contributed by atoms with Gasteiger partial charge in [-0.15, -0.1) is 5.67 Å². The smallest absolute Gasteiger partial charge is 0.00544 e. The monoisotopic (exact) mass is 71.0 g/mol. The topological polar surface area (TPSA) is 0 Å². The van der Waals surface area contributed by atoms with Crippen LogP contribution in [0.15, 0.2) is 0 Å². The summed E-state index contributed by atoms with van der Waals surface area (Å²) in [5.74, 6) is 0. The second-order valence-electron chi connectivity index (χ2n) is 0.644. The summed E-state index contributed by atoms with van der Waals surface area (Å²) in [6.45, 7) is 2.10. The molecule has 0 aromatic heterocycles. The van der Waals surface area contributed by atoms with Crippen LogP contribution in [0.3, 0.4) is 0 Å². The summed E-state index contributed by atoms with van der Waals surface area (Å²) >= 11 is 0. The van der Waals surface area contributed by atoms with Gasteiger partial charge in [0.15, 0.2) is 0 Å². The first-order valence-electron chi connectivity index (χ1n) is 1.45. The standard InChI is InChI=1S/C3H7Si/c1-2-3-4/h3-4H,2H2,1H3. The fraction of sp³-hybridized carbons (Fsp3) is 0.667. The zero-order valence-corrected chi connectivity index (χ0v) is 4.02. The van der Waals surface area contributed by atoms with Crippen LogP contribution in [0, 0.1) is 0 Å². The minimum atomic E-state index is 1.16. The normalized spacial score (nSPS) is 6.25. The summed E-state index contributed by atoms with van der Waals surface area (Å²) in [7, 11) is 2.53. The summed E-state index contributed by atoms with van der Waals surface area (Å²) < 4.78 is 0. The van der Waals surface area contributed by atoms with Gasteiger partial charge in [-0.3, -0.25) is 0 Å². The van der Waals surface area contributed by atoms with Gasteiger partial charge in [0.2, 0.25) is 0 Å². The fourth-order valence-electron chi connectivity index (χ4n) is 0. The predicted molar refractivity (Wildman–Crippen MR) is 23.5 cm³/mol. The molecule has 1 radical (unpaired) electrons. The first-order chi connectivity index (χ1) is 1.91. The van der Waals surface area contributed by atoms with Gasteiger partial charge in [-0.05, 0) is 16.3 Å². The third-order valence-electron chi connectivity index (χ3n) is 0.236. The second kappa shape index (κ2) is 3.09. The third kappa shape index (κ3) is 2.09. The highest BCUT2D eigenvalue weighted by Crippen LogP contribution is 1.52. The summed E-state index contributed by atoms with van der Waals surface area (Å²) in [6.07, 6.45) is 1.16. The predicted octanol–water partition coefficient (Wildman–Crippen LogP) is 0.0994. The van der Waals surface area contributed by atoms with E-state index in [1.165, 1.54) is 0 Å². The lowest BCUT2D eigenvalue weighted by molar-refractivity contribution is 1.35. The van der Waals surface area contributed by atoms with E-state index in [1.54, 1.807) is 0 Å². The summed E-state index contributed by atoms with van der Waals surface area (Å²) in [4.78, 5) is 0. The third-order valence-corrected chi connectivity index (χ3v) is 0.707. The van der Waals surface area contributed by atoms with Gasteiger partial charge in [-0.1, -0.05) is 6.92 Å². The van der Waals surface area contributed by atoms with Gasteiger partial charge in [-0.25, -0.2) is 0 Å². The summed E-state index contributed by atoms with van der Waals surface area (Å²) in [5.41, 5.74) is 2.04. The lowest BCUT2D eigenvalue weighted by atomic mass is 10.6. The highest BCUT2D eigenvalue weighted by molar-refractivity contribution is 6.27. The van der Waals surface area contributed by atoms with E-state index in [2.05, 4.69) is 16.8 Å².